The van der Waals surface area contributed by atoms with Crippen LogP contribution in [-0.2, 0) is 16.0 Å². The van der Waals surface area contributed by atoms with E-state index in [0.29, 0.717) is 0 Å². The summed E-state index contributed by atoms with van der Waals surface area (Å²) in [5, 5.41) is 3.55. The van der Waals surface area contributed by atoms with E-state index < -0.39 is 0 Å². The number of nitrogens with zero attached hydrogens (tertiary/aromatic N) is 2. The van der Waals surface area contributed by atoms with Crippen LogP contribution in [0.2, 0.25) is 0 Å². The van der Waals surface area contributed by atoms with E-state index in [1.807, 2.05) is 6.92 Å². The van der Waals surface area contributed by atoms with E-state index in [0.717, 1.165) is 30.0 Å². The van der Waals surface area contributed by atoms with E-state index in [2.05, 4.69) is 10.3 Å². The summed E-state index contributed by atoms with van der Waals surface area (Å²) in [6, 6.07) is 0.0761. The molecule has 1 aliphatic carbocycles. The Balaban J connectivity index is 0.00000220. The van der Waals surface area contributed by atoms with E-state index in [9.17, 15) is 9.59 Å². The molecule has 1 aromatic rings. The van der Waals surface area contributed by atoms with Crippen molar-refractivity contribution in [3.05, 3.63) is 15.6 Å². The van der Waals surface area contributed by atoms with E-state index in [4.69, 9.17) is 5.73 Å². The van der Waals surface area contributed by atoms with Crippen molar-refractivity contribution in [1.29, 1.82) is 0 Å². The molecule has 3 N–H and O–H groups in total. The van der Waals surface area contributed by atoms with Gasteiger partial charge in [0.05, 0.1) is 34.7 Å². The fourth-order valence-electron chi connectivity index (χ4n) is 2.43. The minimum Gasteiger partial charge on any atom is -0.346 e. The maximum Gasteiger partial charge on any atom is 0.242 e. The van der Waals surface area contributed by atoms with Gasteiger partial charge >= 0.3 is 0 Å². The number of fused-ring (bicyclic) bond motifs is 1. The number of thiazole rings is 1. The number of halogens is 2. The SMILES string of the molecule is Cc1nc2c(s1)C(N(C)C(=O)CNC(=O)CN)CCC2.Cl.Cl. The third kappa shape index (κ3) is 4.81. The second-order valence-corrected chi connectivity index (χ2v) is 6.17. The predicted molar refractivity (Wildman–Crippen MR) is 91.9 cm³/mol. The number of aromatic nitrogens is 1. The summed E-state index contributed by atoms with van der Waals surface area (Å²) in [5.41, 5.74) is 6.32. The molecule has 1 heterocycles. The van der Waals surface area contributed by atoms with Crippen LogP contribution < -0.4 is 11.1 Å². The van der Waals surface area contributed by atoms with Crippen LogP contribution >= 0.6 is 36.2 Å². The molecule has 2 rings (SSSR count). The van der Waals surface area contributed by atoms with Crippen molar-refractivity contribution in [2.45, 2.75) is 32.2 Å². The van der Waals surface area contributed by atoms with E-state index in [1.165, 1.54) is 4.88 Å². The molecule has 0 bridgehead atoms. The molecule has 9 heteroatoms. The average Bonchev–Trinajstić information content (AvgIpc) is 2.83. The first kappa shape index (κ1) is 21.1. The highest BCUT2D eigenvalue weighted by Crippen LogP contribution is 2.37. The maximum atomic E-state index is 12.1. The van der Waals surface area contributed by atoms with Crippen LogP contribution in [0, 0.1) is 6.92 Å². The van der Waals surface area contributed by atoms with Gasteiger partial charge in [0.15, 0.2) is 0 Å². The Morgan fingerprint density at radius 2 is 2.14 bits per heavy atom. The molecule has 0 fully saturated rings. The van der Waals surface area contributed by atoms with E-state index in [1.54, 1.807) is 23.3 Å². The second-order valence-electron chi connectivity index (χ2n) is 4.94. The number of rotatable bonds is 4. The van der Waals surface area contributed by atoms with Gasteiger partial charge in [0.2, 0.25) is 11.8 Å². The van der Waals surface area contributed by atoms with Gasteiger partial charge in [0, 0.05) is 7.05 Å². The highest BCUT2D eigenvalue weighted by Gasteiger charge is 2.29. The van der Waals surface area contributed by atoms with Crippen molar-refractivity contribution in [2.24, 2.45) is 5.73 Å². The summed E-state index contributed by atoms with van der Waals surface area (Å²) in [6.45, 7) is 1.89. The van der Waals surface area contributed by atoms with Gasteiger partial charge in [0.25, 0.3) is 0 Å². The van der Waals surface area contributed by atoms with Gasteiger partial charge in [-0.3, -0.25) is 9.59 Å². The van der Waals surface area contributed by atoms with Gasteiger partial charge < -0.3 is 16.0 Å². The number of aryl methyl sites for hydroxylation is 2. The number of nitrogens with one attached hydrogen (secondary N) is 1. The highest BCUT2D eigenvalue weighted by atomic mass is 35.5. The van der Waals surface area contributed by atoms with Gasteiger partial charge in [-0.1, -0.05) is 0 Å². The summed E-state index contributed by atoms with van der Waals surface area (Å²) in [5.74, 6) is -0.416. The number of carbonyl (C=O) groups is 2. The summed E-state index contributed by atoms with van der Waals surface area (Å²) in [7, 11) is 1.78. The molecular weight excluding hydrogens is 347 g/mol. The molecular formula is C13H22Cl2N4O2S. The van der Waals surface area contributed by atoms with Gasteiger partial charge in [0.1, 0.15) is 0 Å². The highest BCUT2D eigenvalue weighted by molar-refractivity contribution is 7.11. The van der Waals surface area contributed by atoms with Gasteiger partial charge in [-0.15, -0.1) is 36.2 Å². The Morgan fingerprint density at radius 1 is 1.45 bits per heavy atom. The zero-order chi connectivity index (χ0) is 14.7. The second kappa shape index (κ2) is 9.29. The van der Waals surface area contributed by atoms with Gasteiger partial charge in [-0.05, 0) is 26.2 Å². The predicted octanol–water partition coefficient (Wildman–Crippen LogP) is 1.21. The molecule has 126 valence electrons. The first-order valence-corrected chi connectivity index (χ1v) is 7.53. The largest absolute Gasteiger partial charge is 0.346 e. The monoisotopic (exact) mass is 368 g/mol. The Bertz CT molecular complexity index is 524. The molecule has 6 nitrogen and oxygen atoms in total. The van der Waals surface area contributed by atoms with Crippen molar-refractivity contribution in [3.8, 4) is 0 Å². The van der Waals surface area contributed by atoms with Gasteiger partial charge in [-0.2, -0.15) is 0 Å². The number of likely N-dealkylation sites (N-methyl/N-ethyl adjacent to an activating group) is 1. The maximum absolute atomic E-state index is 12.1. The van der Waals surface area contributed by atoms with Crippen LogP contribution in [0.25, 0.3) is 0 Å². The summed E-state index contributed by atoms with van der Waals surface area (Å²) in [4.78, 5) is 30.7. The van der Waals surface area contributed by atoms with E-state index in [-0.39, 0.29) is 55.8 Å². The summed E-state index contributed by atoms with van der Waals surface area (Å²) < 4.78 is 0. The standard InChI is InChI=1S/C13H20N4O2S.2ClH/c1-8-16-9-4-3-5-10(13(9)20-8)17(2)12(19)7-15-11(18)6-14;;/h10H,3-7,14H2,1-2H3,(H,15,18);2*1H. The van der Waals surface area contributed by atoms with Crippen molar-refractivity contribution >= 4 is 48.0 Å². The lowest BCUT2D eigenvalue weighted by atomic mass is 9.97. The molecule has 1 atom stereocenters. The van der Waals surface area contributed by atoms with Crippen LogP contribution in [-0.4, -0.2) is 41.8 Å². The molecule has 0 spiro atoms. The Morgan fingerprint density at radius 3 is 2.77 bits per heavy atom. The zero-order valence-electron chi connectivity index (χ0n) is 12.6. The third-order valence-electron chi connectivity index (χ3n) is 3.51. The fourth-order valence-corrected chi connectivity index (χ4v) is 3.59. The van der Waals surface area contributed by atoms with E-state index >= 15 is 0 Å². The summed E-state index contributed by atoms with van der Waals surface area (Å²) in [6.07, 6.45) is 2.97. The van der Waals surface area contributed by atoms with Crippen LogP contribution in [0.1, 0.15) is 34.5 Å². The minimum absolute atomic E-state index is 0. The topological polar surface area (TPSA) is 88.3 Å². The number of hydrogen-bond acceptors (Lipinski definition) is 5. The quantitative estimate of drug-likeness (QED) is 0.835. The molecule has 0 aromatic carbocycles. The third-order valence-corrected chi connectivity index (χ3v) is 4.63. The fraction of sp³-hybridized carbons (Fsp3) is 0.615. The summed E-state index contributed by atoms with van der Waals surface area (Å²) >= 11 is 1.66. The molecule has 2 amide bonds. The molecule has 0 radical (unpaired) electrons. The minimum atomic E-state index is -0.315. The number of hydrogen-bond donors (Lipinski definition) is 2. The molecule has 0 saturated carbocycles. The van der Waals surface area contributed by atoms with Crippen molar-refractivity contribution < 1.29 is 9.59 Å². The first-order valence-electron chi connectivity index (χ1n) is 6.71. The molecule has 0 saturated heterocycles. The van der Waals surface area contributed by atoms with Crippen LogP contribution in [0.15, 0.2) is 0 Å². The zero-order valence-corrected chi connectivity index (χ0v) is 15.1. The van der Waals surface area contributed by atoms with Gasteiger partial charge in [-0.25, -0.2) is 4.98 Å². The lowest BCUT2D eigenvalue weighted by Gasteiger charge is -2.30. The Labute approximate surface area is 146 Å². The first-order chi connectivity index (χ1) is 9.52. The average molecular weight is 369 g/mol. The lowest BCUT2D eigenvalue weighted by molar-refractivity contribution is -0.133. The Hall–Kier alpha value is -0.890. The number of amides is 2. The molecule has 1 unspecified atom stereocenters. The Kier molecular flexibility index (Phi) is 8.92. The van der Waals surface area contributed by atoms with Crippen LogP contribution in [0.3, 0.4) is 0 Å². The lowest BCUT2D eigenvalue weighted by Crippen LogP contribution is -2.42. The van der Waals surface area contributed by atoms with Crippen LogP contribution in [0.4, 0.5) is 0 Å². The van der Waals surface area contributed by atoms with Crippen molar-refractivity contribution in [2.75, 3.05) is 20.1 Å². The normalized spacial score (nSPS) is 15.9. The number of carbonyl (C=O) groups excluding carboxylic acids is 2. The molecule has 1 aliphatic rings. The number of nitrogens with two attached hydrogens (primary N) is 1. The van der Waals surface area contributed by atoms with Crippen molar-refractivity contribution in [1.82, 2.24) is 15.2 Å². The molecule has 1 aromatic heterocycles. The molecule has 0 aliphatic heterocycles. The van der Waals surface area contributed by atoms with Crippen LogP contribution in [0.5, 0.6) is 0 Å². The smallest absolute Gasteiger partial charge is 0.242 e. The van der Waals surface area contributed by atoms with Crippen molar-refractivity contribution in [3.63, 3.8) is 0 Å². The molecule has 22 heavy (non-hydrogen) atoms.